The summed E-state index contributed by atoms with van der Waals surface area (Å²) in [5.74, 6) is 0.336. The van der Waals surface area contributed by atoms with Crippen molar-refractivity contribution in [2.75, 3.05) is 18.2 Å². The number of para-hydroxylation sites is 1. The third-order valence-corrected chi connectivity index (χ3v) is 4.99. The van der Waals surface area contributed by atoms with Crippen LogP contribution in [0.5, 0.6) is 0 Å². The van der Waals surface area contributed by atoms with E-state index in [2.05, 4.69) is 5.32 Å². The summed E-state index contributed by atoms with van der Waals surface area (Å²) in [4.78, 5) is 12.2. The van der Waals surface area contributed by atoms with Crippen molar-refractivity contribution in [3.05, 3.63) is 30.1 Å². The standard InChI is InChI=1S/C14H18FNO2S/c1-10-14(13(17)18-2,8-5-9-19-10)16-12-7-4-3-6-11(12)15/h3-4,6-7,10,16H,5,8-9H2,1-2H3. The quantitative estimate of drug-likeness (QED) is 0.865. The van der Waals surface area contributed by atoms with Crippen LogP contribution in [0.3, 0.4) is 0 Å². The molecule has 0 radical (unpaired) electrons. The molecule has 0 spiro atoms. The zero-order chi connectivity index (χ0) is 13.9. The fourth-order valence-electron chi connectivity index (χ4n) is 2.42. The van der Waals surface area contributed by atoms with Gasteiger partial charge in [-0.3, -0.25) is 0 Å². The molecule has 1 aliphatic rings. The summed E-state index contributed by atoms with van der Waals surface area (Å²) in [5.41, 5.74) is -0.498. The largest absolute Gasteiger partial charge is 0.467 e. The molecule has 1 aromatic rings. The monoisotopic (exact) mass is 283 g/mol. The fraction of sp³-hybridized carbons (Fsp3) is 0.500. The molecule has 2 unspecified atom stereocenters. The Morgan fingerprint density at radius 1 is 1.53 bits per heavy atom. The Balaban J connectivity index is 2.33. The van der Waals surface area contributed by atoms with Gasteiger partial charge in [-0.2, -0.15) is 11.8 Å². The number of carbonyl (C=O) groups excluding carboxylic acids is 1. The molecule has 2 rings (SSSR count). The highest BCUT2D eigenvalue weighted by molar-refractivity contribution is 8.00. The van der Waals surface area contributed by atoms with E-state index < -0.39 is 5.54 Å². The van der Waals surface area contributed by atoms with Gasteiger partial charge in [0.25, 0.3) is 0 Å². The number of esters is 1. The average molecular weight is 283 g/mol. The molecule has 1 saturated heterocycles. The highest BCUT2D eigenvalue weighted by Gasteiger charge is 2.47. The maximum atomic E-state index is 13.8. The van der Waals surface area contributed by atoms with Gasteiger partial charge in [0.15, 0.2) is 0 Å². The molecule has 0 aliphatic carbocycles. The minimum Gasteiger partial charge on any atom is -0.467 e. The average Bonchev–Trinajstić information content (AvgIpc) is 2.43. The molecule has 104 valence electrons. The number of anilines is 1. The van der Waals surface area contributed by atoms with Crippen molar-refractivity contribution in [2.24, 2.45) is 0 Å². The number of halogens is 1. The molecule has 5 heteroatoms. The molecule has 1 aliphatic heterocycles. The van der Waals surface area contributed by atoms with E-state index in [0.717, 1.165) is 12.2 Å². The van der Waals surface area contributed by atoms with Crippen LogP contribution in [0.2, 0.25) is 0 Å². The third kappa shape index (κ3) is 2.71. The number of hydrogen-bond donors (Lipinski definition) is 1. The van der Waals surface area contributed by atoms with E-state index in [1.807, 2.05) is 6.92 Å². The lowest BCUT2D eigenvalue weighted by Gasteiger charge is -2.40. The first-order valence-electron chi connectivity index (χ1n) is 6.33. The van der Waals surface area contributed by atoms with Gasteiger partial charge in [0.05, 0.1) is 12.8 Å². The lowest BCUT2D eigenvalue weighted by Crippen LogP contribution is -2.56. The molecule has 1 heterocycles. The second-order valence-electron chi connectivity index (χ2n) is 4.68. The topological polar surface area (TPSA) is 38.3 Å². The molecular formula is C14H18FNO2S. The summed E-state index contributed by atoms with van der Waals surface area (Å²) >= 11 is 1.71. The van der Waals surface area contributed by atoms with Gasteiger partial charge in [0.2, 0.25) is 0 Å². The summed E-state index contributed by atoms with van der Waals surface area (Å²) in [6.45, 7) is 1.98. The van der Waals surface area contributed by atoms with Gasteiger partial charge >= 0.3 is 5.97 Å². The lowest BCUT2D eigenvalue weighted by atomic mass is 9.89. The molecule has 0 bridgehead atoms. The van der Waals surface area contributed by atoms with Crippen LogP contribution < -0.4 is 5.32 Å². The van der Waals surface area contributed by atoms with E-state index in [-0.39, 0.29) is 17.0 Å². The van der Waals surface area contributed by atoms with Crippen LogP contribution >= 0.6 is 11.8 Å². The first-order valence-corrected chi connectivity index (χ1v) is 7.38. The van der Waals surface area contributed by atoms with Gasteiger partial charge in [-0.15, -0.1) is 0 Å². The highest BCUT2D eigenvalue weighted by Crippen LogP contribution is 2.38. The first-order chi connectivity index (χ1) is 9.10. The molecule has 19 heavy (non-hydrogen) atoms. The van der Waals surface area contributed by atoms with Crippen LogP contribution in [0.15, 0.2) is 24.3 Å². The van der Waals surface area contributed by atoms with Crippen LogP contribution in [-0.2, 0) is 9.53 Å². The predicted octanol–water partition coefficient (Wildman–Crippen LogP) is 3.06. The number of hydrogen-bond acceptors (Lipinski definition) is 4. The lowest BCUT2D eigenvalue weighted by molar-refractivity contribution is -0.146. The molecular weight excluding hydrogens is 265 g/mol. The van der Waals surface area contributed by atoms with Gasteiger partial charge in [-0.25, -0.2) is 9.18 Å². The van der Waals surface area contributed by atoms with Crippen molar-refractivity contribution >= 4 is 23.4 Å². The summed E-state index contributed by atoms with van der Waals surface area (Å²) in [6, 6.07) is 6.40. The van der Waals surface area contributed by atoms with Gasteiger partial charge in [-0.05, 0) is 30.7 Å². The van der Waals surface area contributed by atoms with Crippen LogP contribution in [0.1, 0.15) is 19.8 Å². The Kier molecular flexibility index (Phi) is 4.34. The van der Waals surface area contributed by atoms with E-state index in [4.69, 9.17) is 4.74 Å². The smallest absolute Gasteiger partial charge is 0.332 e. The SMILES string of the molecule is COC(=O)C1(Nc2ccccc2F)CCCSC1C. The van der Waals surface area contributed by atoms with Crippen LogP contribution in [0.4, 0.5) is 10.1 Å². The number of methoxy groups -OCH3 is 1. The minimum atomic E-state index is -0.847. The normalized spacial score (nSPS) is 26.8. The van der Waals surface area contributed by atoms with Crippen molar-refractivity contribution in [2.45, 2.75) is 30.6 Å². The zero-order valence-corrected chi connectivity index (χ0v) is 11.9. The summed E-state index contributed by atoms with van der Waals surface area (Å²) in [5, 5.41) is 3.13. The Bertz CT molecular complexity index is 469. The molecule has 0 aromatic heterocycles. The molecule has 3 nitrogen and oxygen atoms in total. The molecule has 0 saturated carbocycles. The van der Waals surface area contributed by atoms with E-state index in [0.29, 0.717) is 12.1 Å². The van der Waals surface area contributed by atoms with Crippen LogP contribution in [-0.4, -0.2) is 29.6 Å². The maximum absolute atomic E-state index is 13.8. The van der Waals surface area contributed by atoms with Gasteiger partial charge in [-0.1, -0.05) is 19.1 Å². The van der Waals surface area contributed by atoms with Gasteiger partial charge < -0.3 is 10.1 Å². The Morgan fingerprint density at radius 2 is 2.26 bits per heavy atom. The predicted molar refractivity (Wildman–Crippen MR) is 75.9 cm³/mol. The number of rotatable bonds is 3. The number of thioether (sulfide) groups is 1. The zero-order valence-electron chi connectivity index (χ0n) is 11.1. The third-order valence-electron chi connectivity index (χ3n) is 3.56. The van der Waals surface area contributed by atoms with Crippen molar-refractivity contribution in [1.29, 1.82) is 0 Å². The van der Waals surface area contributed by atoms with E-state index in [1.165, 1.54) is 13.2 Å². The second-order valence-corrected chi connectivity index (χ2v) is 6.13. The van der Waals surface area contributed by atoms with Gasteiger partial charge in [0, 0.05) is 5.25 Å². The Hall–Kier alpha value is -1.23. The Labute approximate surface area is 116 Å². The molecule has 1 fully saturated rings. The number of carbonyl (C=O) groups is 1. The fourth-order valence-corrected chi connectivity index (χ4v) is 3.65. The number of ether oxygens (including phenoxy) is 1. The summed E-state index contributed by atoms with van der Waals surface area (Å²) in [6.07, 6.45) is 1.56. The van der Waals surface area contributed by atoms with Crippen molar-refractivity contribution in [3.63, 3.8) is 0 Å². The van der Waals surface area contributed by atoms with E-state index in [9.17, 15) is 9.18 Å². The molecule has 2 atom stereocenters. The summed E-state index contributed by atoms with van der Waals surface area (Å²) in [7, 11) is 1.37. The van der Waals surface area contributed by atoms with E-state index >= 15 is 0 Å². The first kappa shape index (κ1) is 14.2. The number of nitrogens with one attached hydrogen (secondary N) is 1. The molecule has 1 N–H and O–H groups in total. The van der Waals surface area contributed by atoms with Crippen molar-refractivity contribution < 1.29 is 13.9 Å². The molecule has 0 amide bonds. The van der Waals surface area contributed by atoms with E-state index in [1.54, 1.807) is 30.0 Å². The maximum Gasteiger partial charge on any atom is 0.332 e. The minimum absolute atomic E-state index is 0.0355. The number of benzene rings is 1. The highest BCUT2D eigenvalue weighted by atomic mass is 32.2. The van der Waals surface area contributed by atoms with Gasteiger partial charge in [0.1, 0.15) is 11.4 Å². The van der Waals surface area contributed by atoms with Crippen LogP contribution in [0.25, 0.3) is 0 Å². The van der Waals surface area contributed by atoms with Crippen LogP contribution in [0, 0.1) is 5.82 Å². The second kappa shape index (κ2) is 5.82. The van der Waals surface area contributed by atoms with Crippen molar-refractivity contribution in [3.8, 4) is 0 Å². The van der Waals surface area contributed by atoms with Crippen molar-refractivity contribution in [1.82, 2.24) is 0 Å². The summed E-state index contributed by atoms with van der Waals surface area (Å²) < 4.78 is 18.7. The molecule has 1 aromatic carbocycles. The Morgan fingerprint density at radius 3 is 2.89 bits per heavy atom.